The average Bonchev–Trinajstić information content (AvgIpc) is 2.79. The number of benzene rings is 1. The molecule has 108 valence electrons. The van der Waals surface area contributed by atoms with Gasteiger partial charge in [0.15, 0.2) is 5.58 Å². The fourth-order valence-corrected chi connectivity index (χ4v) is 3.22. The molecule has 5 nitrogen and oxygen atoms in total. The Morgan fingerprint density at radius 1 is 1.40 bits per heavy atom. The molecule has 3 rings (SSSR count). The van der Waals surface area contributed by atoms with Crippen LogP contribution in [0.2, 0.25) is 0 Å². The van der Waals surface area contributed by atoms with E-state index in [1.54, 1.807) is 6.07 Å². The molecule has 0 bridgehead atoms. The van der Waals surface area contributed by atoms with E-state index in [0.717, 1.165) is 5.69 Å². The number of hydrogen-bond acceptors (Lipinski definition) is 4. The van der Waals surface area contributed by atoms with Crippen molar-refractivity contribution >= 4 is 22.5 Å². The number of nitrogen functional groups attached to an aromatic ring is 1. The Kier molecular flexibility index (Phi) is 3.42. The Labute approximate surface area is 117 Å². The van der Waals surface area contributed by atoms with Crippen LogP contribution in [0.25, 0.3) is 11.1 Å². The van der Waals surface area contributed by atoms with Crippen molar-refractivity contribution in [1.29, 1.82) is 0 Å². The Balaban J connectivity index is 1.89. The quantitative estimate of drug-likeness (QED) is 0.751. The highest BCUT2D eigenvalue weighted by Gasteiger charge is 2.24. The number of aromatic amines is 1. The molecule has 4 N–H and O–H groups in total. The third-order valence-electron chi connectivity index (χ3n) is 4.37. The Hall–Kier alpha value is -1.91. The number of H-pyrrole nitrogens is 1. The molecule has 2 unspecified atom stereocenters. The van der Waals surface area contributed by atoms with Gasteiger partial charge in [0.25, 0.3) is 0 Å². The largest absolute Gasteiger partial charge is 0.417 e. The summed E-state index contributed by atoms with van der Waals surface area (Å²) in [5.74, 6) is 0.253. The lowest BCUT2D eigenvalue weighted by Crippen LogP contribution is -2.32. The maximum atomic E-state index is 11.2. The van der Waals surface area contributed by atoms with E-state index >= 15 is 0 Å². The second-order valence-corrected chi connectivity index (χ2v) is 5.65. The number of fused-ring (bicyclic) bond motifs is 1. The number of nitrogens with one attached hydrogen (secondary N) is 2. The topological polar surface area (TPSA) is 84.0 Å². The van der Waals surface area contributed by atoms with Crippen molar-refractivity contribution in [3.8, 4) is 0 Å². The predicted molar refractivity (Wildman–Crippen MR) is 80.9 cm³/mol. The molecular weight excluding hydrogens is 254 g/mol. The van der Waals surface area contributed by atoms with E-state index in [-0.39, 0.29) is 0 Å². The summed E-state index contributed by atoms with van der Waals surface area (Å²) in [5.41, 5.74) is 8.77. The molecule has 1 fully saturated rings. The SMILES string of the molecule is CCC1CCCCC1Nc1cc2[nH]c(=O)oc2cc1N. The average molecular weight is 275 g/mol. The highest BCUT2D eigenvalue weighted by molar-refractivity contribution is 5.85. The van der Waals surface area contributed by atoms with Crippen LogP contribution in [-0.2, 0) is 0 Å². The molecule has 1 heterocycles. The van der Waals surface area contributed by atoms with Crippen molar-refractivity contribution in [1.82, 2.24) is 4.98 Å². The van der Waals surface area contributed by atoms with Crippen LogP contribution in [0.4, 0.5) is 11.4 Å². The molecule has 0 saturated heterocycles. The summed E-state index contributed by atoms with van der Waals surface area (Å²) >= 11 is 0. The second kappa shape index (κ2) is 5.23. The van der Waals surface area contributed by atoms with Gasteiger partial charge < -0.3 is 15.5 Å². The maximum Gasteiger partial charge on any atom is 0.417 e. The highest BCUT2D eigenvalue weighted by atomic mass is 16.4. The molecule has 1 saturated carbocycles. The molecule has 2 atom stereocenters. The Morgan fingerprint density at radius 2 is 2.20 bits per heavy atom. The molecule has 2 aromatic rings. The Bertz CT molecular complexity index is 659. The van der Waals surface area contributed by atoms with E-state index in [1.165, 1.54) is 32.1 Å². The van der Waals surface area contributed by atoms with Crippen LogP contribution in [0.15, 0.2) is 21.3 Å². The minimum atomic E-state index is -0.444. The molecule has 1 aliphatic carbocycles. The van der Waals surface area contributed by atoms with Gasteiger partial charge >= 0.3 is 5.76 Å². The van der Waals surface area contributed by atoms with E-state index < -0.39 is 5.76 Å². The summed E-state index contributed by atoms with van der Waals surface area (Å²) in [6, 6.07) is 4.04. The lowest BCUT2D eigenvalue weighted by Gasteiger charge is -2.32. The third-order valence-corrected chi connectivity index (χ3v) is 4.37. The van der Waals surface area contributed by atoms with Gasteiger partial charge in [0.2, 0.25) is 0 Å². The first-order valence-corrected chi connectivity index (χ1v) is 7.36. The van der Waals surface area contributed by atoms with Crippen molar-refractivity contribution in [3.05, 3.63) is 22.7 Å². The summed E-state index contributed by atoms with van der Waals surface area (Å²) in [4.78, 5) is 13.9. The van der Waals surface area contributed by atoms with Gasteiger partial charge in [-0.1, -0.05) is 26.2 Å². The molecular formula is C15H21N3O2. The zero-order chi connectivity index (χ0) is 14.1. The molecule has 0 amide bonds. The third kappa shape index (κ3) is 2.40. The van der Waals surface area contributed by atoms with Crippen molar-refractivity contribution in [3.63, 3.8) is 0 Å². The van der Waals surface area contributed by atoms with Crippen LogP contribution in [0.5, 0.6) is 0 Å². The number of oxazole rings is 1. The highest BCUT2D eigenvalue weighted by Crippen LogP contribution is 2.32. The summed E-state index contributed by atoms with van der Waals surface area (Å²) in [5, 5.41) is 3.56. The molecule has 0 spiro atoms. The lowest BCUT2D eigenvalue weighted by molar-refractivity contribution is 0.317. The van der Waals surface area contributed by atoms with Crippen LogP contribution in [-0.4, -0.2) is 11.0 Å². The van der Waals surface area contributed by atoms with Gasteiger partial charge in [0.1, 0.15) is 0 Å². The molecule has 1 aliphatic rings. The second-order valence-electron chi connectivity index (χ2n) is 5.65. The number of nitrogens with two attached hydrogens (primary N) is 1. The van der Waals surface area contributed by atoms with Gasteiger partial charge in [-0.15, -0.1) is 0 Å². The number of rotatable bonds is 3. The smallest absolute Gasteiger partial charge is 0.408 e. The fourth-order valence-electron chi connectivity index (χ4n) is 3.22. The summed E-state index contributed by atoms with van der Waals surface area (Å²) in [6.07, 6.45) is 6.22. The first-order chi connectivity index (χ1) is 9.67. The van der Waals surface area contributed by atoms with Crippen LogP contribution in [0.1, 0.15) is 39.0 Å². The molecule has 1 aromatic heterocycles. The predicted octanol–water partition coefficient (Wildman–Crippen LogP) is 3.08. The van der Waals surface area contributed by atoms with Gasteiger partial charge in [-0.25, -0.2) is 4.79 Å². The Morgan fingerprint density at radius 3 is 3.00 bits per heavy atom. The number of aromatic nitrogens is 1. The van der Waals surface area contributed by atoms with Gasteiger partial charge in [-0.05, 0) is 24.8 Å². The van der Waals surface area contributed by atoms with E-state index in [9.17, 15) is 4.79 Å². The van der Waals surface area contributed by atoms with Gasteiger partial charge in [0.05, 0.1) is 16.9 Å². The van der Waals surface area contributed by atoms with Gasteiger partial charge in [0, 0.05) is 12.1 Å². The lowest BCUT2D eigenvalue weighted by atomic mass is 9.83. The molecule has 1 aromatic carbocycles. The van der Waals surface area contributed by atoms with Crippen molar-refractivity contribution < 1.29 is 4.42 Å². The van der Waals surface area contributed by atoms with E-state index in [2.05, 4.69) is 17.2 Å². The number of anilines is 2. The van der Waals surface area contributed by atoms with E-state index in [4.69, 9.17) is 10.2 Å². The zero-order valence-corrected chi connectivity index (χ0v) is 11.7. The first kappa shape index (κ1) is 13.1. The van der Waals surface area contributed by atoms with Crippen molar-refractivity contribution in [2.75, 3.05) is 11.1 Å². The monoisotopic (exact) mass is 275 g/mol. The van der Waals surface area contributed by atoms with Gasteiger partial charge in [-0.2, -0.15) is 0 Å². The zero-order valence-electron chi connectivity index (χ0n) is 11.7. The standard InChI is InChI=1S/C15H21N3O2/c1-2-9-5-3-4-6-11(9)17-12-8-13-14(7-10(12)16)20-15(19)18-13/h7-9,11,17H,2-6,16H2,1H3,(H,18,19). The normalized spacial score (nSPS) is 23.1. The van der Waals surface area contributed by atoms with Crippen LogP contribution in [0, 0.1) is 5.92 Å². The van der Waals surface area contributed by atoms with Gasteiger partial charge in [-0.3, -0.25) is 4.98 Å². The van der Waals surface area contributed by atoms with Crippen LogP contribution < -0.4 is 16.8 Å². The fraction of sp³-hybridized carbons (Fsp3) is 0.533. The summed E-state index contributed by atoms with van der Waals surface area (Å²) in [7, 11) is 0. The molecule has 20 heavy (non-hydrogen) atoms. The van der Waals surface area contributed by atoms with Crippen LogP contribution in [0.3, 0.4) is 0 Å². The minimum Gasteiger partial charge on any atom is -0.408 e. The van der Waals surface area contributed by atoms with Crippen molar-refractivity contribution in [2.24, 2.45) is 5.92 Å². The van der Waals surface area contributed by atoms with E-state index in [1.807, 2.05) is 6.07 Å². The minimum absolute atomic E-state index is 0.444. The summed E-state index contributed by atoms with van der Waals surface area (Å²) < 4.78 is 5.02. The number of hydrogen-bond donors (Lipinski definition) is 3. The molecule has 5 heteroatoms. The molecule has 0 aliphatic heterocycles. The molecule has 0 radical (unpaired) electrons. The maximum absolute atomic E-state index is 11.2. The van der Waals surface area contributed by atoms with Crippen molar-refractivity contribution in [2.45, 2.75) is 45.1 Å². The summed E-state index contributed by atoms with van der Waals surface area (Å²) in [6.45, 7) is 2.24. The van der Waals surface area contributed by atoms with Crippen LogP contribution >= 0.6 is 0 Å². The van der Waals surface area contributed by atoms with E-state index in [0.29, 0.717) is 28.7 Å². The first-order valence-electron chi connectivity index (χ1n) is 7.36.